The number of non-ortho nitro benzene ring substituents is 1. The lowest BCUT2D eigenvalue weighted by atomic mass is 10.1. The third-order valence-electron chi connectivity index (χ3n) is 1.95. The maximum atomic E-state index is 10.9. The van der Waals surface area contributed by atoms with Gasteiger partial charge < -0.3 is 10.1 Å². The Labute approximate surface area is 91.5 Å². The molecule has 0 saturated carbocycles. The summed E-state index contributed by atoms with van der Waals surface area (Å²) in [5.74, 6) is -0.545. The number of methoxy groups -OCH3 is 1. The summed E-state index contributed by atoms with van der Waals surface area (Å²) in [4.78, 5) is 20.9. The van der Waals surface area contributed by atoms with Gasteiger partial charge in [-0.05, 0) is 0 Å². The van der Waals surface area contributed by atoms with E-state index in [-0.39, 0.29) is 17.8 Å². The second-order valence-corrected chi connectivity index (χ2v) is 3.04. The van der Waals surface area contributed by atoms with Gasteiger partial charge in [0.15, 0.2) is 0 Å². The fourth-order valence-electron chi connectivity index (χ4n) is 1.13. The van der Waals surface area contributed by atoms with E-state index in [1.165, 1.54) is 31.4 Å². The first kappa shape index (κ1) is 11.8. The molecule has 6 heteroatoms. The first-order valence-electron chi connectivity index (χ1n) is 4.43. The quantitative estimate of drug-likeness (QED) is 0.361. The molecule has 0 spiro atoms. The van der Waals surface area contributed by atoms with Crippen LogP contribution < -0.4 is 0 Å². The molecule has 1 rings (SSSR count). The van der Waals surface area contributed by atoms with E-state index in [0.717, 1.165) is 0 Å². The normalized spacial score (nSPS) is 9.56. The fraction of sp³-hybridized carbons (Fsp3) is 0.200. The lowest BCUT2D eigenvalue weighted by molar-refractivity contribution is -0.384. The van der Waals surface area contributed by atoms with Gasteiger partial charge in [0.05, 0.1) is 18.5 Å². The van der Waals surface area contributed by atoms with E-state index >= 15 is 0 Å². The number of ether oxygens (including phenoxy) is 1. The van der Waals surface area contributed by atoms with Crippen molar-refractivity contribution in [2.24, 2.45) is 0 Å². The van der Waals surface area contributed by atoms with Crippen molar-refractivity contribution < 1.29 is 14.5 Å². The van der Waals surface area contributed by atoms with Crippen molar-refractivity contribution in [1.29, 1.82) is 5.41 Å². The van der Waals surface area contributed by atoms with Gasteiger partial charge in [0.25, 0.3) is 5.69 Å². The zero-order chi connectivity index (χ0) is 12.1. The van der Waals surface area contributed by atoms with Crippen LogP contribution in [0.2, 0.25) is 0 Å². The Morgan fingerprint density at radius 3 is 2.81 bits per heavy atom. The Hall–Kier alpha value is -2.24. The lowest BCUT2D eigenvalue weighted by Crippen LogP contribution is -2.09. The Bertz CT molecular complexity index is 442. The molecule has 0 radical (unpaired) electrons. The molecule has 6 nitrogen and oxygen atoms in total. The first-order valence-corrected chi connectivity index (χ1v) is 4.43. The van der Waals surface area contributed by atoms with Gasteiger partial charge in [-0.15, -0.1) is 0 Å². The summed E-state index contributed by atoms with van der Waals surface area (Å²) in [6.07, 6.45) is -0.197. The van der Waals surface area contributed by atoms with Crippen LogP contribution >= 0.6 is 0 Å². The second-order valence-electron chi connectivity index (χ2n) is 3.04. The van der Waals surface area contributed by atoms with Gasteiger partial charge in [-0.2, -0.15) is 0 Å². The van der Waals surface area contributed by atoms with Gasteiger partial charge in [0.1, 0.15) is 0 Å². The number of hydrogen-bond acceptors (Lipinski definition) is 5. The molecule has 0 aliphatic rings. The van der Waals surface area contributed by atoms with Gasteiger partial charge in [0.2, 0.25) is 0 Å². The number of benzene rings is 1. The van der Waals surface area contributed by atoms with Crippen LogP contribution in [-0.2, 0) is 9.53 Å². The average molecular weight is 222 g/mol. The van der Waals surface area contributed by atoms with Gasteiger partial charge in [-0.25, -0.2) is 0 Å². The minimum absolute atomic E-state index is 0.00412. The number of nitro benzene ring substituents is 1. The second kappa shape index (κ2) is 5.01. The predicted octanol–water partition coefficient (Wildman–Crippen LogP) is 1.53. The topological polar surface area (TPSA) is 93.3 Å². The van der Waals surface area contributed by atoms with E-state index in [1.54, 1.807) is 0 Å². The summed E-state index contributed by atoms with van der Waals surface area (Å²) < 4.78 is 4.41. The number of carbonyl (C=O) groups is 1. The van der Waals surface area contributed by atoms with E-state index < -0.39 is 10.9 Å². The maximum absolute atomic E-state index is 10.9. The van der Waals surface area contributed by atoms with E-state index in [0.29, 0.717) is 5.56 Å². The molecule has 0 atom stereocenters. The van der Waals surface area contributed by atoms with Crippen LogP contribution in [0.3, 0.4) is 0 Å². The van der Waals surface area contributed by atoms with Crippen molar-refractivity contribution in [3.05, 3.63) is 39.9 Å². The van der Waals surface area contributed by atoms with E-state index in [1.807, 2.05) is 0 Å². The van der Waals surface area contributed by atoms with Gasteiger partial charge in [0, 0.05) is 23.4 Å². The van der Waals surface area contributed by atoms with Crippen molar-refractivity contribution in [2.75, 3.05) is 7.11 Å². The molecule has 0 amide bonds. The summed E-state index contributed by atoms with van der Waals surface area (Å²) in [7, 11) is 1.23. The SMILES string of the molecule is COC(=O)CC(=N)c1cccc([N+](=O)[O-])c1. The molecule has 0 saturated heterocycles. The molecule has 1 N–H and O–H groups in total. The molecule has 1 aromatic rings. The summed E-state index contributed by atoms with van der Waals surface area (Å²) in [6.45, 7) is 0. The average Bonchev–Trinajstić information content (AvgIpc) is 2.28. The van der Waals surface area contributed by atoms with Crippen molar-refractivity contribution >= 4 is 17.4 Å². The van der Waals surface area contributed by atoms with Crippen LogP contribution in [0.4, 0.5) is 5.69 Å². The molecular formula is C10H10N2O4. The monoisotopic (exact) mass is 222 g/mol. The van der Waals surface area contributed by atoms with Gasteiger partial charge in [-0.1, -0.05) is 12.1 Å². The standard InChI is InChI=1S/C10H10N2O4/c1-16-10(13)6-9(11)7-3-2-4-8(5-7)12(14)15/h2-5,11H,6H2,1H3. The number of rotatable bonds is 4. The highest BCUT2D eigenvalue weighted by Crippen LogP contribution is 2.14. The molecule has 16 heavy (non-hydrogen) atoms. The summed E-state index contributed by atoms with van der Waals surface area (Å²) in [5, 5.41) is 18.1. The smallest absolute Gasteiger partial charge is 0.311 e. The molecular weight excluding hydrogens is 212 g/mol. The Morgan fingerprint density at radius 2 is 2.25 bits per heavy atom. The zero-order valence-corrected chi connectivity index (χ0v) is 8.60. The van der Waals surface area contributed by atoms with E-state index in [4.69, 9.17) is 5.41 Å². The third kappa shape index (κ3) is 2.88. The molecule has 0 heterocycles. The molecule has 0 unspecified atom stereocenters. The summed E-state index contributed by atoms with van der Waals surface area (Å²) in [5.41, 5.74) is 0.238. The molecule has 1 aromatic carbocycles. The molecule has 0 aromatic heterocycles. The Morgan fingerprint density at radius 1 is 1.56 bits per heavy atom. The third-order valence-corrected chi connectivity index (χ3v) is 1.95. The largest absolute Gasteiger partial charge is 0.469 e. The van der Waals surface area contributed by atoms with Crippen molar-refractivity contribution in [2.45, 2.75) is 6.42 Å². The summed E-state index contributed by atoms with van der Waals surface area (Å²) >= 11 is 0. The van der Waals surface area contributed by atoms with Gasteiger partial charge >= 0.3 is 5.97 Å². The highest BCUT2D eigenvalue weighted by atomic mass is 16.6. The summed E-state index contributed by atoms with van der Waals surface area (Å²) in [6, 6.07) is 5.59. The number of nitrogens with zero attached hydrogens (tertiary/aromatic N) is 1. The Balaban J connectivity index is 2.88. The minimum atomic E-state index is -0.547. The highest BCUT2D eigenvalue weighted by Gasteiger charge is 2.11. The van der Waals surface area contributed by atoms with Gasteiger partial charge in [-0.3, -0.25) is 14.9 Å². The Kier molecular flexibility index (Phi) is 3.71. The fourth-order valence-corrected chi connectivity index (χ4v) is 1.13. The van der Waals surface area contributed by atoms with Crippen LogP contribution in [0, 0.1) is 15.5 Å². The zero-order valence-electron chi connectivity index (χ0n) is 8.60. The van der Waals surface area contributed by atoms with Crippen molar-refractivity contribution in [3.63, 3.8) is 0 Å². The molecule has 0 aliphatic carbocycles. The number of nitrogens with one attached hydrogen (secondary N) is 1. The maximum Gasteiger partial charge on any atom is 0.311 e. The molecule has 0 aliphatic heterocycles. The number of nitro groups is 1. The predicted molar refractivity (Wildman–Crippen MR) is 56.6 cm³/mol. The lowest BCUT2D eigenvalue weighted by Gasteiger charge is -2.02. The van der Waals surface area contributed by atoms with Crippen LogP contribution in [0.15, 0.2) is 24.3 Å². The first-order chi connectivity index (χ1) is 7.54. The number of hydrogen-bond donors (Lipinski definition) is 1. The van der Waals surface area contributed by atoms with Crippen molar-refractivity contribution in [1.82, 2.24) is 0 Å². The van der Waals surface area contributed by atoms with Crippen LogP contribution in [0.25, 0.3) is 0 Å². The number of carbonyl (C=O) groups excluding carboxylic acids is 1. The van der Waals surface area contributed by atoms with E-state index in [9.17, 15) is 14.9 Å². The van der Waals surface area contributed by atoms with E-state index in [2.05, 4.69) is 4.74 Å². The minimum Gasteiger partial charge on any atom is -0.469 e. The highest BCUT2D eigenvalue weighted by molar-refractivity contribution is 6.07. The van der Waals surface area contributed by atoms with Crippen LogP contribution in [0.1, 0.15) is 12.0 Å². The van der Waals surface area contributed by atoms with Crippen molar-refractivity contribution in [3.8, 4) is 0 Å². The molecule has 84 valence electrons. The molecule has 0 fully saturated rings. The van der Waals surface area contributed by atoms with Crippen LogP contribution in [0.5, 0.6) is 0 Å². The molecule has 0 bridgehead atoms. The van der Waals surface area contributed by atoms with Crippen LogP contribution in [-0.4, -0.2) is 23.7 Å². The number of esters is 1.